The van der Waals surface area contributed by atoms with Crippen LogP contribution in [0.3, 0.4) is 0 Å². The van der Waals surface area contributed by atoms with E-state index in [4.69, 9.17) is 4.74 Å². The molecule has 0 bridgehead atoms. The molecule has 0 aromatic carbocycles. The van der Waals surface area contributed by atoms with Crippen LogP contribution in [0.25, 0.3) is 0 Å². The van der Waals surface area contributed by atoms with Gasteiger partial charge in [-0.2, -0.15) is 0 Å². The molecule has 5 aliphatic carbocycles. The van der Waals surface area contributed by atoms with Crippen LogP contribution in [0.1, 0.15) is 119 Å². The summed E-state index contributed by atoms with van der Waals surface area (Å²) in [5, 5.41) is 0. The van der Waals surface area contributed by atoms with E-state index < -0.39 is 0 Å². The van der Waals surface area contributed by atoms with Crippen LogP contribution in [-0.2, 0) is 9.53 Å². The average Bonchev–Trinajstić information content (AvgIpc) is 3.22. The molecule has 0 N–H and O–H groups in total. The van der Waals surface area contributed by atoms with Crippen molar-refractivity contribution in [3.63, 3.8) is 0 Å². The smallest absolute Gasteiger partial charge is 0.302 e. The number of esters is 1. The minimum absolute atomic E-state index is 0.109. The van der Waals surface area contributed by atoms with E-state index in [1.165, 1.54) is 64.2 Å². The van der Waals surface area contributed by atoms with Crippen molar-refractivity contribution in [2.24, 2.45) is 51.8 Å². The molecule has 4 fully saturated rings. The van der Waals surface area contributed by atoms with Gasteiger partial charge in [0, 0.05) is 13.3 Å². The Hall–Kier alpha value is -0.790. The van der Waals surface area contributed by atoms with Gasteiger partial charge in [-0.05, 0) is 103 Å². The van der Waals surface area contributed by atoms with Gasteiger partial charge in [0.2, 0.25) is 0 Å². The van der Waals surface area contributed by atoms with Crippen LogP contribution in [0.15, 0.2) is 11.6 Å². The highest BCUT2D eigenvalue weighted by molar-refractivity contribution is 5.66. The number of hydrogen-bond acceptors (Lipinski definition) is 2. The molecule has 2 unspecified atom stereocenters. The molecule has 2 nitrogen and oxygen atoms in total. The second-order valence-corrected chi connectivity index (χ2v) is 14.1. The van der Waals surface area contributed by atoms with Crippen LogP contribution in [0.2, 0.25) is 0 Å². The van der Waals surface area contributed by atoms with Gasteiger partial charge >= 0.3 is 5.97 Å². The number of ether oxygens (including phenoxy) is 1. The maximum absolute atomic E-state index is 11.6. The van der Waals surface area contributed by atoms with E-state index in [9.17, 15) is 4.79 Å². The predicted octanol–water partition coefficient (Wildman–Crippen LogP) is 8.35. The van der Waals surface area contributed by atoms with Crippen LogP contribution in [-0.4, -0.2) is 12.1 Å². The molecule has 33 heavy (non-hydrogen) atoms. The molecular formula is C31H50O2. The zero-order valence-electron chi connectivity index (χ0n) is 22.4. The van der Waals surface area contributed by atoms with E-state index in [-0.39, 0.29) is 12.1 Å². The molecule has 186 valence electrons. The number of hydrogen-bond donors (Lipinski definition) is 0. The van der Waals surface area contributed by atoms with Crippen LogP contribution >= 0.6 is 0 Å². The van der Waals surface area contributed by atoms with Crippen molar-refractivity contribution >= 4 is 5.97 Å². The zero-order valence-corrected chi connectivity index (χ0v) is 22.4. The fourth-order valence-corrected chi connectivity index (χ4v) is 10.3. The Morgan fingerprint density at radius 2 is 1.85 bits per heavy atom. The first-order chi connectivity index (χ1) is 15.6. The molecule has 5 aliphatic rings. The summed E-state index contributed by atoms with van der Waals surface area (Å²) >= 11 is 0. The predicted molar refractivity (Wildman–Crippen MR) is 136 cm³/mol. The monoisotopic (exact) mass is 454 g/mol. The fourth-order valence-electron chi connectivity index (χ4n) is 10.3. The van der Waals surface area contributed by atoms with Gasteiger partial charge in [-0.25, -0.2) is 0 Å². The third-order valence-electron chi connectivity index (χ3n) is 11.9. The van der Waals surface area contributed by atoms with Gasteiger partial charge in [0.1, 0.15) is 6.10 Å². The van der Waals surface area contributed by atoms with Crippen molar-refractivity contribution in [3.8, 4) is 0 Å². The third-order valence-corrected chi connectivity index (χ3v) is 11.9. The maximum Gasteiger partial charge on any atom is 0.302 e. The summed E-state index contributed by atoms with van der Waals surface area (Å²) in [5.41, 5.74) is 3.14. The molecule has 5 rings (SSSR count). The van der Waals surface area contributed by atoms with Gasteiger partial charge in [-0.3, -0.25) is 4.79 Å². The molecule has 1 spiro atoms. The lowest BCUT2D eigenvalue weighted by molar-refractivity contribution is -0.147. The van der Waals surface area contributed by atoms with Gasteiger partial charge in [0.25, 0.3) is 0 Å². The van der Waals surface area contributed by atoms with Gasteiger partial charge in [0.05, 0.1) is 0 Å². The van der Waals surface area contributed by atoms with Crippen molar-refractivity contribution in [2.45, 2.75) is 125 Å². The normalized spacial score (nSPS) is 46.9. The molecule has 0 radical (unpaired) electrons. The lowest BCUT2D eigenvalue weighted by Crippen LogP contribution is -2.40. The van der Waals surface area contributed by atoms with E-state index in [1.807, 2.05) is 0 Å². The van der Waals surface area contributed by atoms with E-state index in [1.54, 1.807) is 12.5 Å². The molecule has 0 aliphatic heterocycles. The Morgan fingerprint density at radius 3 is 2.58 bits per heavy atom. The lowest BCUT2D eigenvalue weighted by atomic mass is 9.57. The SMILES string of the molecule is CC(=O)O[C@@H]1CC[C@@]2(C)C[C@H]3C4CC[C@]5(C)[C@H](CC[C@H]5[C@@H](C)CCCC(C)C)C43CC=C2C1. The Balaban J connectivity index is 1.33. The average molecular weight is 455 g/mol. The largest absolute Gasteiger partial charge is 0.462 e. The molecule has 0 aromatic rings. The van der Waals surface area contributed by atoms with Crippen molar-refractivity contribution < 1.29 is 9.53 Å². The summed E-state index contributed by atoms with van der Waals surface area (Å²) in [7, 11) is 0. The van der Waals surface area contributed by atoms with Crippen LogP contribution in [0.5, 0.6) is 0 Å². The zero-order chi connectivity index (χ0) is 23.6. The molecule has 4 saturated carbocycles. The molecule has 0 aromatic heterocycles. The standard InChI is InChI=1S/C31H50O2/c1-20(2)8-7-9-21(3)25-10-11-28-30(25,6)16-14-26-27-19-29(5)15-13-24(33-22(4)32)18-23(29)12-17-31(26,27)28/h12,20-21,24-28H,7-11,13-19H2,1-6H3/t21-,24+,25-,26?,27-,28-,29-,30-,31?/m0/s1. The molecular weight excluding hydrogens is 404 g/mol. The van der Waals surface area contributed by atoms with Crippen LogP contribution in [0, 0.1) is 51.8 Å². The topological polar surface area (TPSA) is 26.3 Å². The Kier molecular flexibility index (Phi) is 6.10. The number of allylic oxidation sites excluding steroid dienone is 1. The van der Waals surface area contributed by atoms with Gasteiger partial charge in [0.15, 0.2) is 0 Å². The molecule has 0 amide bonds. The molecule has 0 heterocycles. The summed E-state index contributed by atoms with van der Waals surface area (Å²) in [6.07, 6.45) is 18.9. The highest BCUT2D eigenvalue weighted by atomic mass is 16.5. The van der Waals surface area contributed by atoms with E-state index in [2.05, 4.69) is 40.7 Å². The molecule has 0 saturated heterocycles. The summed E-state index contributed by atoms with van der Waals surface area (Å²) in [6.45, 7) is 14.2. The Bertz CT molecular complexity index is 797. The highest BCUT2D eigenvalue weighted by Crippen LogP contribution is 2.81. The first kappa shape index (κ1) is 23.9. The van der Waals surface area contributed by atoms with Gasteiger partial charge in [-0.1, -0.05) is 65.5 Å². The van der Waals surface area contributed by atoms with Crippen molar-refractivity contribution in [2.75, 3.05) is 0 Å². The van der Waals surface area contributed by atoms with Crippen molar-refractivity contribution in [3.05, 3.63) is 11.6 Å². The van der Waals surface area contributed by atoms with E-state index >= 15 is 0 Å². The van der Waals surface area contributed by atoms with E-state index in [0.717, 1.165) is 48.3 Å². The molecule has 9 atom stereocenters. The first-order valence-corrected chi connectivity index (χ1v) is 14.5. The van der Waals surface area contributed by atoms with Crippen molar-refractivity contribution in [1.29, 1.82) is 0 Å². The summed E-state index contributed by atoms with van der Waals surface area (Å²) < 4.78 is 5.66. The second-order valence-electron chi connectivity index (χ2n) is 14.1. The summed E-state index contributed by atoms with van der Waals surface area (Å²) in [5.74, 6) is 5.44. The number of fused-ring (bicyclic) bond motifs is 3. The second kappa shape index (κ2) is 8.41. The number of carbonyl (C=O) groups excluding carboxylic acids is 1. The Morgan fingerprint density at radius 1 is 1.06 bits per heavy atom. The molecule has 2 heteroatoms. The lowest BCUT2D eigenvalue weighted by Gasteiger charge is -2.47. The third kappa shape index (κ3) is 3.85. The summed E-state index contributed by atoms with van der Waals surface area (Å²) in [4.78, 5) is 11.6. The highest BCUT2D eigenvalue weighted by Gasteiger charge is 2.74. The minimum Gasteiger partial charge on any atom is -0.462 e. The van der Waals surface area contributed by atoms with Gasteiger partial charge in [-0.15, -0.1) is 0 Å². The van der Waals surface area contributed by atoms with Gasteiger partial charge < -0.3 is 4.74 Å². The maximum atomic E-state index is 11.6. The van der Waals surface area contributed by atoms with Crippen LogP contribution < -0.4 is 0 Å². The fraction of sp³-hybridized carbons (Fsp3) is 0.903. The summed E-state index contributed by atoms with van der Waals surface area (Å²) in [6, 6.07) is 0. The number of carbonyl (C=O) groups is 1. The first-order valence-electron chi connectivity index (χ1n) is 14.5. The van der Waals surface area contributed by atoms with Crippen molar-refractivity contribution in [1.82, 2.24) is 0 Å². The Labute approximate surface area is 203 Å². The van der Waals surface area contributed by atoms with Crippen LogP contribution in [0.4, 0.5) is 0 Å². The number of rotatable bonds is 6. The minimum atomic E-state index is -0.109. The van der Waals surface area contributed by atoms with E-state index in [0.29, 0.717) is 16.2 Å². The quantitative estimate of drug-likeness (QED) is 0.298.